The molecule has 1 fully saturated rings. The number of pyridine rings is 1. The summed E-state index contributed by atoms with van der Waals surface area (Å²) in [6.45, 7) is 9.50. The van der Waals surface area contributed by atoms with Gasteiger partial charge in [0.25, 0.3) is 5.91 Å². The third-order valence-corrected chi connectivity index (χ3v) is 12.3. The molecule has 2 N–H and O–H groups in total. The fraction of sp³-hybridized carbons (Fsp3) is 0.325. The van der Waals surface area contributed by atoms with Crippen LogP contribution in [0, 0.1) is 0 Å². The number of carbonyl (C=O) groups excluding carboxylic acids is 2. The zero-order chi connectivity index (χ0) is 36.7. The second kappa shape index (κ2) is 17.1. The van der Waals surface area contributed by atoms with Gasteiger partial charge in [-0.25, -0.2) is 4.98 Å². The van der Waals surface area contributed by atoms with Crippen LogP contribution < -0.4 is 10.6 Å². The van der Waals surface area contributed by atoms with Crippen molar-refractivity contribution in [3.63, 3.8) is 0 Å². The van der Waals surface area contributed by atoms with Crippen LogP contribution in [0.2, 0.25) is 0 Å². The number of aromatic nitrogens is 2. The van der Waals surface area contributed by atoms with Crippen LogP contribution in [0.5, 0.6) is 0 Å². The smallest absolute Gasteiger partial charge is 0.351 e. The second-order valence-corrected chi connectivity index (χ2v) is 16.2. The first kappa shape index (κ1) is 37.5. The van der Waals surface area contributed by atoms with Crippen LogP contribution in [0.3, 0.4) is 0 Å². The molecule has 0 aliphatic carbocycles. The Labute approximate surface area is 309 Å². The molecular formula is C40H46N5O5PS. The number of benzene rings is 3. The predicted molar refractivity (Wildman–Crippen MR) is 207 cm³/mol. The molecule has 5 aromatic rings. The van der Waals surface area contributed by atoms with Crippen LogP contribution in [-0.4, -0.2) is 81.8 Å². The van der Waals surface area contributed by atoms with E-state index >= 15 is 0 Å². The summed E-state index contributed by atoms with van der Waals surface area (Å²) in [5, 5.41) is 4.66. The van der Waals surface area contributed by atoms with E-state index in [0.717, 1.165) is 10.9 Å². The van der Waals surface area contributed by atoms with Crippen LogP contribution in [0.15, 0.2) is 114 Å². The standard InChI is InChI=1S/C40H46N5O5PS/c1-28(2)49-51(48,50-29(3)4)36-20-13-21-41-39(36)52-27-35(43-38(46)34-26-32-18-11-12-19-33(32)42-34)40(47)45-24-22-44(23-25-45)37(30-14-7-5-8-15-30)31-16-9-6-10-17-31/h5-21,26,28-29,35,37,42H,22-25,27H2,1-4H3,(H,43,46). The molecule has 1 aliphatic rings. The number of para-hydroxylation sites is 1. The van der Waals surface area contributed by atoms with Gasteiger partial charge in [-0.15, -0.1) is 11.8 Å². The molecule has 0 bridgehead atoms. The summed E-state index contributed by atoms with van der Waals surface area (Å²) < 4.78 is 26.0. The van der Waals surface area contributed by atoms with E-state index < -0.39 is 13.6 Å². The molecule has 1 unspecified atom stereocenters. The Morgan fingerprint density at radius 3 is 2.02 bits per heavy atom. The van der Waals surface area contributed by atoms with Crippen molar-refractivity contribution in [2.24, 2.45) is 0 Å². The highest BCUT2D eigenvalue weighted by Crippen LogP contribution is 2.51. The number of nitrogens with zero attached hydrogens (tertiary/aromatic N) is 3. The summed E-state index contributed by atoms with van der Waals surface area (Å²) in [4.78, 5) is 40.1. The SMILES string of the molecule is CC(C)OP(=O)(OC(C)C)c1cccnc1SCC(NC(=O)c1cc2ccccc2[nH]1)C(=O)N1CCN(C(c2ccccc2)c2ccccc2)CC1. The van der Waals surface area contributed by atoms with Crippen LogP contribution in [0.1, 0.15) is 55.4 Å². The Hall–Kier alpha value is -4.25. The van der Waals surface area contributed by atoms with E-state index in [2.05, 4.69) is 68.7 Å². The minimum atomic E-state index is -3.77. The maximum absolute atomic E-state index is 14.4. The first-order chi connectivity index (χ1) is 25.1. The lowest BCUT2D eigenvalue weighted by atomic mass is 9.96. The van der Waals surface area contributed by atoms with E-state index in [0.29, 0.717) is 42.2 Å². The molecule has 52 heavy (non-hydrogen) atoms. The topological polar surface area (TPSA) is 117 Å². The fourth-order valence-corrected chi connectivity index (χ4v) is 9.85. The van der Waals surface area contributed by atoms with E-state index in [1.54, 1.807) is 52.1 Å². The van der Waals surface area contributed by atoms with Gasteiger partial charge in [0.15, 0.2) is 0 Å². The van der Waals surface area contributed by atoms with E-state index in [1.165, 1.54) is 22.9 Å². The van der Waals surface area contributed by atoms with E-state index in [4.69, 9.17) is 9.05 Å². The minimum Gasteiger partial charge on any atom is -0.351 e. The highest BCUT2D eigenvalue weighted by atomic mass is 32.2. The lowest BCUT2D eigenvalue weighted by Crippen LogP contribution is -2.56. The zero-order valence-electron chi connectivity index (χ0n) is 30.0. The summed E-state index contributed by atoms with van der Waals surface area (Å²) in [5.41, 5.74) is 3.58. The van der Waals surface area contributed by atoms with Gasteiger partial charge in [0.05, 0.1) is 23.6 Å². The number of hydrogen-bond donors (Lipinski definition) is 2. The lowest BCUT2D eigenvalue weighted by molar-refractivity contribution is -0.134. The van der Waals surface area contributed by atoms with Gasteiger partial charge in [0.1, 0.15) is 16.8 Å². The number of thioether (sulfide) groups is 1. The number of H-pyrrole nitrogens is 1. The van der Waals surface area contributed by atoms with Gasteiger partial charge in [-0.1, -0.05) is 78.9 Å². The van der Waals surface area contributed by atoms with Crippen molar-refractivity contribution in [2.75, 3.05) is 31.9 Å². The van der Waals surface area contributed by atoms with Gasteiger partial charge in [0, 0.05) is 49.0 Å². The number of rotatable bonds is 14. The Morgan fingerprint density at radius 2 is 1.42 bits per heavy atom. The highest BCUT2D eigenvalue weighted by molar-refractivity contribution is 7.99. The van der Waals surface area contributed by atoms with Crippen LogP contribution in [0.25, 0.3) is 10.9 Å². The number of carbonyl (C=O) groups is 2. The Kier molecular flexibility index (Phi) is 12.3. The molecule has 12 heteroatoms. The first-order valence-corrected chi connectivity index (χ1v) is 20.2. The number of aromatic amines is 1. The molecule has 0 radical (unpaired) electrons. The molecule has 10 nitrogen and oxygen atoms in total. The molecule has 6 rings (SSSR count). The van der Waals surface area contributed by atoms with Gasteiger partial charge < -0.3 is 24.2 Å². The number of amides is 2. The van der Waals surface area contributed by atoms with Gasteiger partial charge in [-0.3, -0.25) is 19.1 Å². The van der Waals surface area contributed by atoms with Crippen LogP contribution in [-0.2, 0) is 18.4 Å². The average Bonchev–Trinajstić information content (AvgIpc) is 3.59. The summed E-state index contributed by atoms with van der Waals surface area (Å²) >= 11 is 1.24. The number of fused-ring (bicyclic) bond motifs is 1. The molecule has 2 amide bonds. The molecule has 272 valence electrons. The van der Waals surface area contributed by atoms with Crippen molar-refractivity contribution in [1.82, 2.24) is 25.1 Å². The highest BCUT2D eigenvalue weighted by Gasteiger charge is 2.36. The van der Waals surface area contributed by atoms with Gasteiger partial charge in [-0.05, 0) is 63.1 Å². The summed E-state index contributed by atoms with van der Waals surface area (Å²) in [7, 11) is -3.77. The molecule has 3 heterocycles. The molecule has 1 atom stereocenters. The van der Waals surface area contributed by atoms with E-state index in [-0.39, 0.29) is 35.8 Å². The number of piperazine rings is 1. The van der Waals surface area contributed by atoms with Crippen molar-refractivity contribution in [1.29, 1.82) is 0 Å². The average molecular weight is 740 g/mol. The van der Waals surface area contributed by atoms with Gasteiger partial charge >= 0.3 is 7.60 Å². The van der Waals surface area contributed by atoms with E-state index in [1.807, 2.05) is 41.3 Å². The monoisotopic (exact) mass is 739 g/mol. The predicted octanol–water partition coefficient (Wildman–Crippen LogP) is 7.06. The summed E-state index contributed by atoms with van der Waals surface area (Å²) in [6, 6.07) is 32.8. The number of nitrogens with one attached hydrogen (secondary N) is 2. The first-order valence-electron chi connectivity index (χ1n) is 17.7. The van der Waals surface area contributed by atoms with Gasteiger partial charge in [-0.2, -0.15) is 0 Å². The van der Waals surface area contributed by atoms with Crippen molar-refractivity contribution in [2.45, 2.75) is 57.0 Å². The largest absolute Gasteiger partial charge is 0.364 e. The normalized spacial score (nSPS) is 14.7. The summed E-state index contributed by atoms with van der Waals surface area (Å²) in [5.74, 6) is -0.431. The Bertz CT molecular complexity index is 1910. The quantitative estimate of drug-likeness (QED) is 0.0920. The molecule has 0 spiro atoms. The fourth-order valence-electron chi connectivity index (χ4n) is 6.47. The molecule has 3 aromatic carbocycles. The second-order valence-electron chi connectivity index (χ2n) is 13.3. The van der Waals surface area contributed by atoms with Crippen molar-refractivity contribution in [3.8, 4) is 0 Å². The maximum atomic E-state index is 14.4. The third kappa shape index (κ3) is 9.03. The summed E-state index contributed by atoms with van der Waals surface area (Å²) in [6.07, 6.45) is 0.875. The van der Waals surface area contributed by atoms with Crippen molar-refractivity contribution >= 4 is 47.4 Å². The molecule has 1 saturated heterocycles. The third-order valence-electron chi connectivity index (χ3n) is 8.73. The van der Waals surface area contributed by atoms with Crippen LogP contribution >= 0.6 is 19.4 Å². The molecule has 1 aliphatic heterocycles. The lowest BCUT2D eigenvalue weighted by Gasteiger charge is -2.40. The van der Waals surface area contributed by atoms with Crippen LogP contribution in [0.4, 0.5) is 0 Å². The Morgan fingerprint density at radius 1 is 0.827 bits per heavy atom. The zero-order valence-corrected chi connectivity index (χ0v) is 31.7. The molecular weight excluding hydrogens is 694 g/mol. The number of hydrogen-bond acceptors (Lipinski definition) is 8. The maximum Gasteiger partial charge on any atom is 0.364 e. The molecule has 0 saturated carbocycles. The van der Waals surface area contributed by atoms with Crippen molar-refractivity contribution in [3.05, 3.63) is 126 Å². The van der Waals surface area contributed by atoms with E-state index in [9.17, 15) is 14.2 Å². The molecule has 2 aromatic heterocycles. The Balaban J connectivity index is 1.24. The minimum absolute atomic E-state index is 0.0482. The van der Waals surface area contributed by atoms with Crippen molar-refractivity contribution < 1.29 is 23.2 Å². The van der Waals surface area contributed by atoms with Gasteiger partial charge in [0.2, 0.25) is 5.91 Å².